The van der Waals surface area contributed by atoms with Gasteiger partial charge in [0, 0.05) is 12.5 Å². The van der Waals surface area contributed by atoms with Gasteiger partial charge in [-0.05, 0) is 24.3 Å². The topological polar surface area (TPSA) is 106 Å². The largest absolute Gasteiger partial charge is 0.507 e. The third-order valence-electron chi connectivity index (χ3n) is 3.26. The SMILES string of the molecule is COc1cc(/C=N/NC(=O)c2ccccc2O)cc(OC)c1OC(C)=O. The summed E-state index contributed by atoms with van der Waals surface area (Å²) < 4.78 is 15.5. The van der Waals surface area contributed by atoms with Crippen LogP contribution in [0.5, 0.6) is 23.0 Å². The highest BCUT2D eigenvalue weighted by atomic mass is 16.6. The lowest BCUT2D eigenvalue weighted by molar-refractivity contribution is -0.132. The van der Waals surface area contributed by atoms with Crippen molar-refractivity contribution in [3.8, 4) is 23.0 Å². The molecule has 0 fully saturated rings. The molecule has 0 bridgehead atoms. The van der Waals surface area contributed by atoms with Gasteiger partial charge in [0.1, 0.15) is 5.75 Å². The third-order valence-corrected chi connectivity index (χ3v) is 3.26. The maximum absolute atomic E-state index is 12.0. The summed E-state index contributed by atoms with van der Waals surface area (Å²) in [4.78, 5) is 23.2. The van der Waals surface area contributed by atoms with E-state index in [0.29, 0.717) is 5.56 Å². The first kappa shape index (κ1) is 18.8. The zero-order chi connectivity index (χ0) is 19.1. The minimum Gasteiger partial charge on any atom is -0.507 e. The Labute approximate surface area is 150 Å². The third kappa shape index (κ3) is 4.50. The number of phenolic OH excluding ortho intramolecular Hbond substituents is 1. The minimum atomic E-state index is -0.560. The molecular formula is C18H18N2O6. The van der Waals surface area contributed by atoms with Crippen molar-refractivity contribution in [3.63, 3.8) is 0 Å². The second kappa shape index (κ2) is 8.52. The highest BCUT2D eigenvalue weighted by molar-refractivity contribution is 5.97. The van der Waals surface area contributed by atoms with E-state index in [1.807, 2.05) is 0 Å². The number of hydrazone groups is 1. The van der Waals surface area contributed by atoms with Crippen molar-refractivity contribution < 1.29 is 28.9 Å². The Bertz CT molecular complexity index is 822. The molecule has 2 aromatic carbocycles. The average Bonchev–Trinajstić information content (AvgIpc) is 2.62. The first-order valence-electron chi connectivity index (χ1n) is 7.52. The van der Waals surface area contributed by atoms with Crippen molar-refractivity contribution in [2.75, 3.05) is 14.2 Å². The van der Waals surface area contributed by atoms with Crippen LogP contribution in [-0.4, -0.2) is 37.4 Å². The molecule has 0 radical (unpaired) electrons. The number of methoxy groups -OCH3 is 2. The average molecular weight is 358 g/mol. The van der Waals surface area contributed by atoms with Crippen LogP contribution in [0.15, 0.2) is 41.5 Å². The molecule has 0 aromatic heterocycles. The van der Waals surface area contributed by atoms with E-state index in [2.05, 4.69) is 10.5 Å². The number of hydrogen-bond donors (Lipinski definition) is 2. The van der Waals surface area contributed by atoms with Gasteiger partial charge in [-0.2, -0.15) is 5.10 Å². The van der Waals surface area contributed by atoms with Crippen molar-refractivity contribution in [1.29, 1.82) is 0 Å². The Morgan fingerprint density at radius 1 is 1.12 bits per heavy atom. The number of hydrogen-bond acceptors (Lipinski definition) is 7. The van der Waals surface area contributed by atoms with Crippen LogP contribution in [0.1, 0.15) is 22.8 Å². The highest BCUT2D eigenvalue weighted by Gasteiger charge is 2.15. The summed E-state index contributed by atoms with van der Waals surface area (Å²) in [5, 5.41) is 13.5. The number of aromatic hydroxyl groups is 1. The fraction of sp³-hybridized carbons (Fsp3) is 0.167. The maximum Gasteiger partial charge on any atom is 0.308 e. The van der Waals surface area contributed by atoms with Crippen molar-refractivity contribution in [3.05, 3.63) is 47.5 Å². The van der Waals surface area contributed by atoms with E-state index in [4.69, 9.17) is 14.2 Å². The summed E-state index contributed by atoms with van der Waals surface area (Å²) >= 11 is 0. The molecule has 26 heavy (non-hydrogen) atoms. The number of benzene rings is 2. The molecule has 0 saturated carbocycles. The number of nitrogens with zero attached hydrogens (tertiary/aromatic N) is 1. The molecule has 0 aliphatic heterocycles. The van der Waals surface area contributed by atoms with Crippen LogP contribution in [0.4, 0.5) is 0 Å². The number of carbonyl (C=O) groups is 2. The standard InChI is InChI=1S/C18H18N2O6/c1-11(21)26-17-15(24-2)8-12(9-16(17)25-3)10-19-20-18(23)13-6-4-5-7-14(13)22/h4-10,22H,1-3H3,(H,20,23)/b19-10+. The molecule has 0 spiro atoms. The van der Waals surface area contributed by atoms with E-state index in [0.717, 1.165) is 0 Å². The Balaban J connectivity index is 2.21. The van der Waals surface area contributed by atoms with E-state index in [-0.39, 0.29) is 28.6 Å². The Morgan fingerprint density at radius 2 is 1.73 bits per heavy atom. The van der Waals surface area contributed by atoms with Crippen LogP contribution in [0, 0.1) is 0 Å². The van der Waals surface area contributed by atoms with Gasteiger partial charge in [0.05, 0.1) is 26.0 Å². The zero-order valence-corrected chi connectivity index (χ0v) is 14.5. The van der Waals surface area contributed by atoms with Crippen LogP contribution in [-0.2, 0) is 4.79 Å². The van der Waals surface area contributed by atoms with Gasteiger partial charge in [-0.3, -0.25) is 9.59 Å². The number of carbonyl (C=O) groups excluding carboxylic acids is 2. The molecule has 2 rings (SSSR count). The molecule has 0 heterocycles. The van der Waals surface area contributed by atoms with E-state index in [1.54, 1.807) is 24.3 Å². The van der Waals surface area contributed by atoms with Gasteiger partial charge < -0.3 is 19.3 Å². The van der Waals surface area contributed by atoms with Gasteiger partial charge in [0.25, 0.3) is 5.91 Å². The molecule has 1 amide bonds. The predicted molar refractivity (Wildman–Crippen MR) is 94.0 cm³/mol. The normalized spacial score (nSPS) is 10.4. The Hall–Kier alpha value is -3.55. The fourth-order valence-electron chi connectivity index (χ4n) is 2.11. The van der Waals surface area contributed by atoms with E-state index in [1.165, 1.54) is 39.5 Å². The molecule has 0 unspecified atom stereocenters. The lowest BCUT2D eigenvalue weighted by Crippen LogP contribution is -2.17. The van der Waals surface area contributed by atoms with E-state index in [9.17, 15) is 14.7 Å². The first-order valence-corrected chi connectivity index (χ1v) is 7.52. The van der Waals surface area contributed by atoms with Gasteiger partial charge in [-0.25, -0.2) is 5.43 Å². The summed E-state index contributed by atoms with van der Waals surface area (Å²) in [7, 11) is 2.84. The van der Waals surface area contributed by atoms with E-state index < -0.39 is 11.9 Å². The monoisotopic (exact) mass is 358 g/mol. The molecule has 8 nitrogen and oxygen atoms in total. The number of rotatable bonds is 6. The van der Waals surface area contributed by atoms with Crippen molar-refractivity contribution in [1.82, 2.24) is 5.43 Å². The lowest BCUT2D eigenvalue weighted by Gasteiger charge is -2.13. The summed E-state index contributed by atoms with van der Waals surface area (Å²) in [6, 6.07) is 9.25. The number of ether oxygens (including phenoxy) is 3. The Kier molecular flexibility index (Phi) is 6.15. The van der Waals surface area contributed by atoms with Crippen LogP contribution in [0.25, 0.3) is 0 Å². The smallest absolute Gasteiger partial charge is 0.308 e. The van der Waals surface area contributed by atoms with Gasteiger partial charge in [-0.15, -0.1) is 0 Å². The lowest BCUT2D eigenvalue weighted by atomic mass is 10.2. The quantitative estimate of drug-likeness (QED) is 0.354. The second-order valence-electron chi connectivity index (χ2n) is 5.06. The van der Waals surface area contributed by atoms with Crippen molar-refractivity contribution in [2.45, 2.75) is 6.92 Å². The van der Waals surface area contributed by atoms with Gasteiger partial charge >= 0.3 is 5.97 Å². The second-order valence-corrected chi connectivity index (χ2v) is 5.06. The molecule has 0 aliphatic carbocycles. The number of esters is 1. The van der Waals surface area contributed by atoms with E-state index >= 15 is 0 Å². The summed E-state index contributed by atoms with van der Waals surface area (Å²) in [5.74, 6) is -0.527. The predicted octanol–water partition coefficient (Wildman–Crippen LogP) is 2.10. The number of amides is 1. The summed E-state index contributed by atoms with van der Waals surface area (Å²) in [5.41, 5.74) is 2.95. The Morgan fingerprint density at radius 3 is 2.27 bits per heavy atom. The van der Waals surface area contributed by atoms with Gasteiger partial charge in [0.2, 0.25) is 5.75 Å². The summed E-state index contributed by atoms with van der Waals surface area (Å²) in [6.45, 7) is 1.27. The molecule has 2 N–H and O–H groups in total. The van der Waals surface area contributed by atoms with Gasteiger partial charge in [-0.1, -0.05) is 12.1 Å². The molecule has 2 aromatic rings. The molecule has 8 heteroatoms. The molecule has 0 atom stereocenters. The zero-order valence-electron chi connectivity index (χ0n) is 14.5. The summed E-state index contributed by atoms with van der Waals surface area (Å²) in [6.07, 6.45) is 1.36. The van der Waals surface area contributed by atoms with Crippen LogP contribution in [0.3, 0.4) is 0 Å². The molecule has 0 aliphatic rings. The van der Waals surface area contributed by atoms with Crippen LogP contribution in [0.2, 0.25) is 0 Å². The van der Waals surface area contributed by atoms with Crippen LogP contribution < -0.4 is 19.6 Å². The van der Waals surface area contributed by atoms with Crippen molar-refractivity contribution in [2.24, 2.45) is 5.10 Å². The highest BCUT2D eigenvalue weighted by Crippen LogP contribution is 2.38. The fourth-order valence-corrected chi connectivity index (χ4v) is 2.11. The molecular weight excluding hydrogens is 340 g/mol. The number of nitrogens with one attached hydrogen (secondary N) is 1. The maximum atomic E-state index is 12.0. The van der Waals surface area contributed by atoms with Crippen molar-refractivity contribution >= 4 is 18.1 Å². The number of phenols is 1. The van der Waals surface area contributed by atoms with Crippen LogP contribution >= 0.6 is 0 Å². The molecule has 136 valence electrons. The minimum absolute atomic E-state index is 0.102. The van der Waals surface area contributed by atoms with Gasteiger partial charge in [0.15, 0.2) is 11.5 Å². The first-order chi connectivity index (χ1) is 12.5. The number of para-hydroxylation sites is 1. The molecule has 0 saturated heterocycles.